The maximum Gasteiger partial charge on any atom is 0.387 e. The minimum Gasteiger partial charge on any atom is -0.449 e. The summed E-state index contributed by atoms with van der Waals surface area (Å²) in [4.78, 5) is 24.4. The second kappa shape index (κ2) is 8.42. The molecule has 1 N–H and O–H groups in total. The van der Waals surface area contributed by atoms with E-state index in [1.807, 2.05) is 13.8 Å². The fourth-order valence-corrected chi connectivity index (χ4v) is 2.15. The number of amides is 1. The molecule has 0 saturated carbocycles. The van der Waals surface area contributed by atoms with Crippen LogP contribution in [0, 0.1) is 13.8 Å². The molecule has 0 aromatic heterocycles. The second-order valence-electron chi connectivity index (χ2n) is 5.71. The number of esters is 1. The molecule has 0 heterocycles. The van der Waals surface area contributed by atoms with Crippen LogP contribution in [0.3, 0.4) is 0 Å². The van der Waals surface area contributed by atoms with Gasteiger partial charge < -0.3 is 14.8 Å². The highest BCUT2D eigenvalue weighted by Crippen LogP contribution is 2.25. The van der Waals surface area contributed by atoms with Gasteiger partial charge in [-0.15, -0.1) is 0 Å². The molecule has 7 heteroatoms. The molecule has 26 heavy (non-hydrogen) atoms. The summed E-state index contributed by atoms with van der Waals surface area (Å²) in [5, 5.41) is 2.42. The topological polar surface area (TPSA) is 64.6 Å². The first kappa shape index (κ1) is 19.4. The van der Waals surface area contributed by atoms with Gasteiger partial charge in [0.05, 0.1) is 11.3 Å². The Morgan fingerprint density at radius 1 is 1.04 bits per heavy atom. The van der Waals surface area contributed by atoms with Crippen molar-refractivity contribution in [1.82, 2.24) is 0 Å². The number of nitrogens with one attached hydrogen (secondary N) is 1. The van der Waals surface area contributed by atoms with E-state index in [1.165, 1.54) is 25.1 Å². The minimum atomic E-state index is -3.02. The van der Waals surface area contributed by atoms with E-state index < -0.39 is 24.6 Å². The van der Waals surface area contributed by atoms with Crippen LogP contribution in [0.15, 0.2) is 42.5 Å². The summed E-state index contributed by atoms with van der Waals surface area (Å²) in [6.07, 6.45) is -1.12. The molecule has 0 aliphatic heterocycles. The van der Waals surface area contributed by atoms with Crippen molar-refractivity contribution in [2.75, 3.05) is 5.32 Å². The molecule has 0 bridgehead atoms. The summed E-state index contributed by atoms with van der Waals surface area (Å²) < 4.78 is 34.3. The maximum absolute atomic E-state index is 12.4. The number of ether oxygens (including phenoxy) is 2. The Balaban J connectivity index is 2.03. The molecule has 2 rings (SSSR count). The zero-order valence-electron chi connectivity index (χ0n) is 14.6. The second-order valence-corrected chi connectivity index (χ2v) is 5.71. The lowest BCUT2D eigenvalue weighted by atomic mass is 10.1. The average Bonchev–Trinajstić information content (AvgIpc) is 2.58. The van der Waals surface area contributed by atoms with Crippen LogP contribution in [0.1, 0.15) is 28.4 Å². The summed E-state index contributed by atoms with van der Waals surface area (Å²) in [6, 6.07) is 10.8. The molecule has 138 valence electrons. The van der Waals surface area contributed by atoms with Gasteiger partial charge in [0, 0.05) is 0 Å². The highest BCUT2D eigenvalue weighted by atomic mass is 19.3. The molecule has 1 unspecified atom stereocenters. The van der Waals surface area contributed by atoms with Crippen molar-refractivity contribution in [2.24, 2.45) is 0 Å². The summed E-state index contributed by atoms with van der Waals surface area (Å²) in [5.41, 5.74) is 2.35. The Morgan fingerprint density at radius 2 is 1.73 bits per heavy atom. The summed E-state index contributed by atoms with van der Waals surface area (Å²) >= 11 is 0. The minimum absolute atomic E-state index is 0.0619. The summed E-state index contributed by atoms with van der Waals surface area (Å²) in [6.45, 7) is 2.15. The highest BCUT2D eigenvalue weighted by Gasteiger charge is 2.21. The predicted molar refractivity (Wildman–Crippen MR) is 92.5 cm³/mol. The third kappa shape index (κ3) is 5.02. The maximum atomic E-state index is 12.4. The van der Waals surface area contributed by atoms with Crippen LogP contribution >= 0.6 is 0 Å². The molecule has 2 aromatic carbocycles. The predicted octanol–water partition coefficient (Wildman–Crippen LogP) is 4.09. The summed E-state index contributed by atoms with van der Waals surface area (Å²) in [5.74, 6) is -1.48. The molecule has 0 radical (unpaired) electrons. The van der Waals surface area contributed by atoms with Crippen LogP contribution in [-0.4, -0.2) is 24.6 Å². The van der Waals surface area contributed by atoms with Gasteiger partial charge >= 0.3 is 12.6 Å². The molecule has 0 saturated heterocycles. The lowest BCUT2D eigenvalue weighted by Gasteiger charge is -2.16. The molecular formula is C19H19F2NO4. The molecular weight excluding hydrogens is 344 g/mol. The quantitative estimate of drug-likeness (QED) is 0.785. The zero-order valence-corrected chi connectivity index (χ0v) is 14.6. The first-order valence-electron chi connectivity index (χ1n) is 7.91. The largest absolute Gasteiger partial charge is 0.449 e. The van der Waals surface area contributed by atoms with Crippen molar-refractivity contribution >= 4 is 17.6 Å². The highest BCUT2D eigenvalue weighted by molar-refractivity contribution is 5.98. The van der Waals surface area contributed by atoms with E-state index in [0.29, 0.717) is 5.56 Å². The Bertz CT molecular complexity index is 808. The van der Waals surface area contributed by atoms with Gasteiger partial charge in [0.1, 0.15) is 5.75 Å². The number of benzene rings is 2. The van der Waals surface area contributed by atoms with Gasteiger partial charge in [0.2, 0.25) is 0 Å². The van der Waals surface area contributed by atoms with Crippen molar-refractivity contribution < 1.29 is 27.8 Å². The third-order valence-corrected chi connectivity index (χ3v) is 3.76. The van der Waals surface area contributed by atoms with E-state index >= 15 is 0 Å². The zero-order chi connectivity index (χ0) is 19.3. The number of hydrogen-bond donors (Lipinski definition) is 1. The van der Waals surface area contributed by atoms with E-state index in [2.05, 4.69) is 10.1 Å². The molecule has 0 fully saturated rings. The lowest BCUT2D eigenvalue weighted by molar-refractivity contribution is -0.123. The van der Waals surface area contributed by atoms with Crippen LogP contribution in [0.5, 0.6) is 5.75 Å². The number of alkyl halides is 2. The Hall–Kier alpha value is -2.96. The fraction of sp³-hybridized carbons (Fsp3) is 0.263. The normalized spacial score (nSPS) is 11.8. The van der Waals surface area contributed by atoms with Crippen LogP contribution in [0.2, 0.25) is 0 Å². The number of halogens is 2. The van der Waals surface area contributed by atoms with Crippen LogP contribution < -0.4 is 10.1 Å². The lowest BCUT2D eigenvalue weighted by Crippen LogP contribution is -2.30. The SMILES string of the molecule is Cc1ccc(C(=O)OC(C)C(=O)Nc2ccccc2OC(F)F)cc1C. The van der Waals surface area contributed by atoms with Crippen molar-refractivity contribution in [3.8, 4) is 5.75 Å². The number of anilines is 1. The van der Waals surface area contributed by atoms with E-state index in [4.69, 9.17) is 4.74 Å². The summed E-state index contributed by atoms with van der Waals surface area (Å²) in [7, 11) is 0. The molecule has 1 atom stereocenters. The number of carbonyl (C=O) groups is 2. The van der Waals surface area contributed by atoms with Gasteiger partial charge in [-0.25, -0.2) is 4.79 Å². The van der Waals surface area contributed by atoms with E-state index in [0.717, 1.165) is 11.1 Å². The molecule has 2 aromatic rings. The molecule has 0 aliphatic rings. The van der Waals surface area contributed by atoms with E-state index in [9.17, 15) is 18.4 Å². The number of rotatable bonds is 6. The molecule has 0 spiro atoms. The van der Waals surface area contributed by atoms with Gasteiger partial charge in [-0.05, 0) is 56.2 Å². The Labute approximate surface area is 149 Å². The van der Waals surface area contributed by atoms with Crippen molar-refractivity contribution in [3.63, 3.8) is 0 Å². The van der Waals surface area contributed by atoms with Gasteiger partial charge in [0.15, 0.2) is 6.10 Å². The van der Waals surface area contributed by atoms with Crippen LogP contribution in [0.25, 0.3) is 0 Å². The van der Waals surface area contributed by atoms with E-state index in [1.54, 1.807) is 24.3 Å². The fourth-order valence-electron chi connectivity index (χ4n) is 2.15. The standard InChI is InChI=1S/C19H19F2NO4/c1-11-8-9-14(10-12(11)2)18(24)25-13(3)17(23)22-15-6-4-5-7-16(15)26-19(20)21/h4-10,13,19H,1-3H3,(H,22,23). The van der Waals surface area contributed by atoms with Crippen molar-refractivity contribution in [1.29, 1.82) is 0 Å². The van der Waals surface area contributed by atoms with E-state index in [-0.39, 0.29) is 11.4 Å². The number of carbonyl (C=O) groups excluding carboxylic acids is 2. The average molecular weight is 363 g/mol. The number of aryl methyl sites for hydroxylation is 2. The van der Waals surface area contributed by atoms with Crippen LogP contribution in [0.4, 0.5) is 14.5 Å². The van der Waals surface area contributed by atoms with Crippen LogP contribution in [-0.2, 0) is 9.53 Å². The monoisotopic (exact) mass is 363 g/mol. The third-order valence-electron chi connectivity index (χ3n) is 3.76. The van der Waals surface area contributed by atoms with Crippen molar-refractivity contribution in [2.45, 2.75) is 33.5 Å². The van der Waals surface area contributed by atoms with Gasteiger partial charge in [-0.2, -0.15) is 8.78 Å². The number of hydrogen-bond acceptors (Lipinski definition) is 4. The van der Waals surface area contributed by atoms with Gasteiger partial charge in [0.25, 0.3) is 5.91 Å². The van der Waals surface area contributed by atoms with Gasteiger partial charge in [-0.1, -0.05) is 18.2 Å². The first-order chi connectivity index (χ1) is 12.3. The smallest absolute Gasteiger partial charge is 0.387 e. The first-order valence-corrected chi connectivity index (χ1v) is 7.91. The number of para-hydroxylation sites is 2. The van der Waals surface area contributed by atoms with Gasteiger partial charge in [-0.3, -0.25) is 4.79 Å². The van der Waals surface area contributed by atoms with Crippen molar-refractivity contribution in [3.05, 3.63) is 59.2 Å². The molecule has 5 nitrogen and oxygen atoms in total. The molecule has 1 amide bonds. The Kier molecular flexibility index (Phi) is 6.27. The Morgan fingerprint density at radius 3 is 2.38 bits per heavy atom. The molecule has 0 aliphatic carbocycles.